The van der Waals surface area contributed by atoms with Crippen LogP contribution < -0.4 is 0 Å². The van der Waals surface area contributed by atoms with Crippen molar-refractivity contribution in [2.75, 3.05) is 0 Å². The Bertz CT molecular complexity index is 191. The molecule has 2 bridgehead atoms. The van der Waals surface area contributed by atoms with Gasteiger partial charge in [-0.05, 0) is 13.0 Å². The van der Waals surface area contributed by atoms with Gasteiger partial charge in [-0.1, -0.05) is 6.08 Å². The Labute approximate surface area is 64.2 Å². The summed E-state index contributed by atoms with van der Waals surface area (Å²) in [5, 5.41) is 8.51. The fourth-order valence-electron chi connectivity index (χ4n) is 1.40. The van der Waals surface area contributed by atoms with E-state index in [1.165, 1.54) is 0 Å². The quantitative estimate of drug-likeness (QED) is 0.350. The molecule has 1 N–H and O–H groups in total. The Morgan fingerprint density at radius 2 is 2.55 bits per heavy atom. The number of fused-ring (bicyclic) bond motifs is 2. The van der Waals surface area contributed by atoms with Crippen LogP contribution >= 0.6 is 0 Å². The average molecular weight is 158 g/mol. The van der Waals surface area contributed by atoms with Crippen LogP contribution in [-0.4, -0.2) is 23.1 Å². The van der Waals surface area contributed by atoms with Gasteiger partial charge in [0.1, 0.15) is 17.8 Å². The van der Waals surface area contributed by atoms with E-state index in [9.17, 15) is 0 Å². The van der Waals surface area contributed by atoms with Gasteiger partial charge in [-0.15, -0.1) is 0 Å². The van der Waals surface area contributed by atoms with Crippen molar-refractivity contribution in [3.8, 4) is 0 Å². The van der Waals surface area contributed by atoms with E-state index in [1.807, 2.05) is 12.2 Å². The first-order chi connectivity index (χ1) is 5.24. The van der Waals surface area contributed by atoms with Gasteiger partial charge in [0.15, 0.2) is 0 Å². The molecule has 0 aromatic rings. The predicted molar refractivity (Wildman–Crippen MR) is 35.6 cm³/mol. The van der Waals surface area contributed by atoms with Crippen LogP contribution in [0.25, 0.3) is 0 Å². The van der Waals surface area contributed by atoms with Crippen LogP contribution in [0.3, 0.4) is 0 Å². The molecule has 2 aliphatic heterocycles. The van der Waals surface area contributed by atoms with Gasteiger partial charge in [0.05, 0.1) is 0 Å². The smallest absolute Gasteiger partial charge is 0.148 e. The molecule has 0 spiro atoms. The highest BCUT2D eigenvalue weighted by molar-refractivity contribution is 5.13. The first kappa shape index (κ1) is 7.24. The number of rotatable bonds is 1. The van der Waals surface area contributed by atoms with Crippen molar-refractivity contribution in [1.82, 2.24) is 0 Å². The van der Waals surface area contributed by atoms with E-state index in [0.717, 1.165) is 0 Å². The van der Waals surface area contributed by atoms with Gasteiger partial charge in [0.2, 0.25) is 0 Å². The molecule has 3 atom stereocenters. The minimum atomic E-state index is -0.622. The Kier molecular flexibility index (Phi) is 1.50. The molecule has 1 saturated heterocycles. The molecule has 11 heavy (non-hydrogen) atoms. The van der Waals surface area contributed by atoms with Gasteiger partial charge in [-0.3, -0.25) is 5.26 Å². The summed E-state index contributed by atoms with van der Waals surface area (Å²) in [7, 11) is 0. The molecule has 0 amide bonds. The first-order valence-electron chi connectivity index (χ1n) is 3.59. The maximum atomic E-state index is 8.51. The van der Waals surface area contributed by atoms with E-state index in [1.54, 1.807) is 6.92 Å². The van der Waals surface area contributed by atoms with Crippen LogP contribution in [-0.2, 0) is 14.7 Å². The largest absolute Gasteiger partial charge is 0.251 e. The van der Waals surface area contributed by atoms with E-state index < -0.39 is 5.60 Å². The topological polar surface area (TPSA) is 47.9 Å². The van der Waals surface area contributed by atoms with Crippen molar-refractivity contribution in [3.63, 3.8) is 0 Å². The molecule has 62 valence electrons. The third-order valence-electron chi connectivity index (χ3n) is 2.21. The molecule has 0 aromatic carbocycles. The average Bonchev–Trinajstić information content (AvgIpc) is 2.05. The molecule has 0 unspecified atom stereocenters. The van der Waals surface area contributed by atoms with E-state index in [2.05, 4.69) is 4.89 Å². The summed E-state index contributed by atoms with van der Waals surface area (Å²) in [5.41, 5.74) is -0.622. The van der Waals surface area contributed by atoms with Crippen molar-refractivity contribution >= 4 is 0 Å². The second kappa shape index (κ2) is 2.28. The molecule has 4 nitrogen and oxygen atoms in total. The van der Waals surface area contributed by atoms with Crippen molar-refractivity contribution in [2.45, 2.75) is 31.2 Å². The van der Waals surface area contributed by atoms with Crippen molar-refractivity contribution in [3.05, 3.63) is 12.2 Å². The lowest BCUT2D eigenvalue weighted by Crippen LogP contribution is -2.51. The Morgan fingerprint density at radius 1 is 1.73 bits per heavy atom. The highest BCUT2D eigenvalue weighted by atomic mass is 17.2. The van der Waals surface area contributed by atoms with Gasteiger partial charge >= 0.3 is 0 Å². The first-order valence-corrected chi connectivity index (χ1v) is 3.59. The molecule has 0 saturated carbocycles. The number of hydrogen-bond donors (Lipinski definition) is 1. The molecule has 4 heteroatoms. The Balaban J connectivity index is 2.24. The third kappa shape index (κ3) is 0.990. The lowest BCUT2D eigenvalue weighted by molar-refractivity contribution is -0.444. The summed E-state index contributed by atoms with van der Waals surface area (Å²) in [6.07, 6.45) is 4.02. The van der Waals surface area contributed by atoms with Crippen molar-refractivity contribution in [1.29, 1.82) is 0 Å². The van der Waals surface area contributed by atoms with Crippen LogP contribution in [0.4, 0.5) is 0 Å². The van der Waals surface area contributed by atoms with Gasteiger partial charge in [-0.25, -0.2) is 14.7 Å². The molecule has 1 aliphatic carbocycles. The SMILES string of the molecule is C[C@@]12C=C[C@@H](C[C@H]1OO)OO2. The maximum Gasteiger partial charge on any atom is 0.148 e. The van der Waals surface area contributed by atoms with E-state index >= 15 is 0 Å². The molecular formula is C7H10O4. The fourth-order valence-corrected chi connectivity index (χ4v) is 1.40. The van der Waals surface area contributed by atoms with Gasteiger partial charge in [-0.2, -0.15) is 0 Å². The van der Waals surface area contributed by atoms with Crippen LogP contribution in [0.5, 0.6) is 0 Å². The third-order valence-corrected chi connectivity index (χ3v) is 2.21. The van der Waals surface area contributed by atoms with Crippen LogP contribution in [0.2, 0.25) is 0 Å². The fraction of sp³-hybridized carbons (Fsp3) is 0.714. The molecule has 3 rings (SSSR count). The van der Waals surface area contributed by atoms with Gasteiger partial charge < -0.3 is 0 Å². The van der Waals surface area contributed by atoms with E-state index in [4.69, 9.17) is 15.0 Å². The van der Waals surface area contributed by atoms with Crippen LogP contribution in [0.15, 0.2) is 12.2 Å². The minimum Gasteiger partial charge on any atom is -0.251 e. The lowest BCUT2D eigenvalue weighted by Gasteiger charge is -2.41. The normalized spacial score (nSPS) is 48.2. The Morgan fingerprint density at radius 3 is 2.91 bits per heavy atom. The maximum absolute atomic E-state index is 8.51. The minimum absolute atomic E-state index is 0.0750. The molecule has 0 radical (unpaired) electrons. The molecule has 1 fully saturated rings. The molecule has 0 aromatic heterocycles. The van der Waals surface area contributed by atoms with E-state index in [0.29, 0.717) is 6.42 Å². The summed E-state index contributed by atoms with van der Waals surface area (Å²) in [6.45, 7) is 1.81. The summed E-state index contributed by atoms with van der Waals surface area (Å²) in [4.78, 5) is 14.2. The predicted octanol–water partition coefficient (Wildman–Crippen LogP) is 0.894. The van der Waals surface area contributed by atoms with Crippen molar-refractivity contribution in [2.24, 2.45) is 0 Å². The second-order valence-electron chi connectivity index (χ2n) is 3.09. The summed E-state index contributed by atoms with van der Waals surface area (Å²) < 4.78 is 0. The highest BCUT2D eigenvalue weighted by Gasteiger charge is 2.45. The zero-order valence-corrected chi connectivity index (χ0v) is 6.19. The Hall–Kier alpha value is -0.420. The standard InChI is InChI=1S/C7H10O4/c1-7-3-2-5(10-11-7)4-6(7)9-8/h2-3,5-6,8H,4H2,1H3/t5-,6+,7+/m0/s1. The molecular weight excluding hydrogens is 148 g/mol. The molecule has 2 heterocycles. The second-order valence-corrected chi connectivity index (χ2v) is 3.09. The monoisotopic (exact) mass is 158 g/mol. The highest BCUT2D eigenvalue weighted by Crippen LogP contribution is 2.35. The summed E-state index contributed by atoms with van der Waals surface area (Å²) in [6, 6.07) is 0. The summed E-state index contributed by atoms with van der Waals surface area (Å²) >= 11 is 0. The lowest BCUT2D eigenvalue weighted by atomic mass is 9.87. The van der Waals surface area contributed by atoms with Gasteiger partial charge in [0, 0.05) is 6.42 Å². The van der Waals surface area contributed by atoms with Crippen molar-refractivity contribution < 1.29 is 19.9 Å². The molecule has 3 aliphatic rings. The van der Waals surface area contributed by atoms with E-state index in [-0.39, 0.29) is 12.2 Å². The van der Waals surface area contributed by atoms with Gasteiger partial charge in [0.25, 0.3) is 0 Å². The number of hydrogen-bond acceptors (Lipinski definition) is 4. The summed E-state index contributed by atoms with van der Waals surface area (Å²) in [5.74, 6) is 0. The van der Waals surface area contributed by atoms with Crippen LogP contribution in [0.1, 0.15) is 13.3 Å². The van der Waals surface area contributed by atoms with Crippen LogP contribution in [0, 0.1) is 0 Å². The zero-order valence-electron chi connectivity index (χ0n) is 6.19. The zero-order chi connectivity index (χ0) is 7.90.